The van der Waals surface area contributed by atoms with E-state index < -0.39 is 5.82 Å². The molecule has 0 saturated heterocycles. The van der Waals surface area contributed by atoms with E-state index in [1.165, 1.54) is 36.0 Å². The summed E-state index contributed by atoms with van der Waals surface area (Å²) in [7, 11) is 0. The highest BCUT2D eigenvalue weighted by molar-refractivity contribution is 8.00. The standard InChI is InChI=1S/C15H13F2NOS/c1-10-2-7-14(13(17)8-10)18-15(19)9-20-12-5-3-11(16)4-6-12/h2-8H,9H2,1H3,(H,18,19). The smallest absolute Gasteiger partial charge is 0.234 e. The largest absolute Gasteiger partial charge is 0.323 e. The van der Waals surface area contributed by atoms with E-state index >= 15 is 0 Å². The number of rotatable bonds is 4. The van der Waals surface area contributed by atoms with Gasteiger partial charge in [-0.3, -0.25) is 4.79 Å². The Kier molecular flexibility index (Phi) is 4.74. The molecule has 2 aromatic rings. The van der Waals surface area contributed by atoms with Crippen molar-refractivity contribution in [2.45, 2.75) is 11.8 Å². The Morgan fingerprint density at radius 1 is 1.15 bits per heavy atom. The second-order valence-electron chi connectivity index (χ2n) is 4.27. The van der Waals surface area contributed by atoms with Gasteiger partial charge in [0.05, 0.1) is 11.4 Å². The van der Waals surface area contributed by atoms with Crippen LogP contribution in [0.3, 0.4) is 0 Å². The van der Waals surface area contributed by atoms with Gasteiger partial charge in [0.15, 0.2) is 0 Å². The molecule has 0 atom stereocenters. The van der Waals surface area contributed by atoms with Gasteiger partial charge in [-0.25, -0.2) is 8.78 Å². The Morgan fingerprint density at radius 2 is 1.85 bits per heavy atom. The summed E-state index contributed by atoms with van der Waals surface area (Å²) in [6.07, 6.45) is 0. The van der Waals surface area contributed by atoms with Crippen LogP contribution in [0.5, 0.6) is 0 Å². The minimum absolute atomic E-state index is 0.138. The number of carbonyl (C=O) groups excluding carboxylic acids is 1. The van der Waals surface area contributed by atoms with Crippen molar-refractivity contribution in [3.63, 3.8) is 0 Å². The molecule has 2 nitrogen and oxygen atoms in total. The van der Waals surface area contributed by atoms with E-state index in [9.17, 15) is 13.6 Å². The first-order chi connectivity index (χ1) is 9.54. The quantitative estimate of drug-likeness (QED) is 0.863. The van der Waals surface area contributed by atoms with Crippen LogP contribution in [0.4, 0.5) is 14.5 Å². The first-order valence-corrected chi connectivity index (χ1v) is 6.97. The number of nitrogens with one attached hydrogen (secondary N) is 1. The molecular weight excluding hydrogens is 280 g/mol. The minimum atomic E-state index is -0.454. The summed E-state index contributed by atoms with van der Waals surface area (Å²) in [5.74, 6) is -0.938. The summed E-state index contributed by atoms with van der Waals surface area (Å²) in [6, 6.07) is 10.5. The number of carbonyl (C=O) groups is 1. The summed E-state index contributed by atoms with van der Waals surface area (Å²) < 4.78 is 26.3. The lowest BCUT2D eigenvalue weighted by Gasteiger charge is -2.07. The molecule has 0 bridgehead atoms. The van der Waals surface area contributed by atoms with Crippen LogP contribution in [-0.2, 0) is 4.79 Å². The molecule has 0 fully saturated rings. The van der Waals surface area contributed by atoms with Gasteiger partial charge in [-0.2, -0.15) is 0 Å². The average molecular weight is 293 g/mol. The molecule has 2 rings (SSSR count). The zero-order chi connectivity index (χ0) is 14.5. The summed E-state index contributed by atoms with van der Waals surface area (Å²) in [4.78, 5) is 12.5. The lowest BCUT2D eigenvalue weighted by atomic mass is 10.2. The zero-order valence-corrected chi connectivity index (χ0v) is 11.6. The molecule has 0 unspecified atom stereocenters. The Bertz CT molecular complexity index is 614. The van der Waals surface area contributed by atoms with E-state index in [-0.39, 0.29) is 23.2 Å². The van der Waals surface area contributed by atoms with Gasteiger partial charge in [0.25, 0.3) is 0 Å². The lowest BCUT2D eigenvalue weighted by Crippen LogP contribution is -2.15. The Balaban J connectivity index is 1.90. The van der Waals surface area contributed by atoms with Gasteiger partial charge in [0, 0.05) is 4.90 Å². The van der Waals surface area contributed by atoms with Crippen LogP contribution in [0.15, 0.2) is 47.4 Å². The zero-order valence-electron chi connectivity index (χ0n) is 10.8. The number of benzene rings is 2. The lowest BCUT2D eigenvalue weighted by molar-refractivity contribution is -0.113. The van der Waals surface area contributed by atoms with Crippen LogP contribution in [0.2, 0.25) is 0 Å². The normalized spacial score (nSPS) is 10.3. The van der Waals surface area contributed by atoms with Crippen molar-refractivity contribution in [2.24, 2.45) is 0 Å². The first-order valence-electron chi connectivity index (χ1n) is 5.99. The van der Waals surface area contributed by atoms with Gasteiger partial charge >= 0.3 is 0 Å². The van der Waals surface area contributed by atoms with Gasteiger partial charge in [-0.15, -0.1) is 11.8 Å². The van der Waals surface area contributed by atoms with Crippen LogP contribution in [-0.4, -0.2) is 11.7 Å². The fourth-order valence-electron chi connectivity index (χ4n) is 1.59. The molecular formula is C15H13F2NOS. The van der Waals surface area contributed by atoms with Crippen LogP contribution in [0.1, 0.15) is 5.56 Å². The molecule has 0 spiro atoms. The Hall–Kier alpha value is -1.88. The molecule has 0 aliphatic carbocycles. The molecule has 0 saturated carbocycles. The highest BCUT2D eigenvalue weighted by Gasteiger charge is 2.07. The fourth-order valence-corrected chi connectivity index (χ4v) is 2.29. The topological polar surface area (TPSA) is 29.1 Å². The van der Waals surface area contributed by atoms with E-state index in [0.29, 0.717) is 0 Å². The maximum atomic E-state index is 13.6. The highest BCUT2D eigenvalue weighted by Crippen LogP contribution is 2.19. The summed E-state index contributed by atoms with van der Waals surface area (Å²) in [5.41, 5.74) is 0.960. The average Bonchev–Trinajstić information content (AvgIpc) is 2.41. The van der Waals surface area contributed by atoms with Crippen LogP contribution < -0.4 is 5.32 Å². The van der Waals surface area contributed by atoms with Crippen LogP contribution in [0.25, 0.3) is 0 Å². The van der Waals surface area contributed by atoms with Crippen molar-refractivity contribution in [1.29, 1.82) is 0 Å². The van der Waals surface area contributed by atoms with Gasteiger partial charge in [-0.1, -0.05) is 6.07 Å². The predicted molar refractivity (Wildman–Crippen MR) is 76.9 cm³/mol. The molecule has 1 N–H and O–H groups in total. The molecule has 0 aliphatic heterocycles. The first kappa shape index (κ1) is 14.5. The molecule has 0 radical (unpaired) electrons. The number of hydrogen-bond donors (Lipinski definition) is 1. The van der Waals surface area contributed by atoms with Crippen LogP contribution >= 0.6 is 11.8 Å². The number of amides is 1. The monoisotopic (exact) mass is 293 g/mol. The van der Waals surface area contributed by atoms with Crippen LogP contribution in [0, 0.1) is 18.6 Å². The molecule has 104 valence electrons. The fraction of sp³-hybridized carbons (Fsp3) is 0.133. The maximum Gasteiger partial charge on any atom is 0.234 e. The number of aryl methyl sites for hydroxylation is 1. The maximum absolute atomic E-state index is 13.6. The minimum Gasteiger partial charge on any atom is -0.323 e. The third-order valence-corrected chi connectivity index (χ3v) is 3.59. The van der Waals surface area contributed by atoms with Gasteiger partial charge in [0.2, 0.25) is 5.91 Å². The van der Waals surface area contributed by atoms with Gasteiger partial charge < -0.3 is 5.32 Å². The van der Waals surface area contributed by atoms with E-state index in [0.717, 1.165) is 10.5 Å². The number of hydrogen-bond acceptors (Lipinski definition) is 2. The van der Waals surface area contributed by atoms with E-state index in [2.05, 4.69) is 5.32 Å². The number of halogens is 2. The summed E-state index contributed by atoms with van der Waals surface area (Å²) in [6.45, 7) is 1.78. The Morgan fingerprint density at radius 3 is 2.50 bits per heavy atom. The molecule has 5 heteroatoms. The third kappa shape index (κ3) is 4.06. The van der Waals surface area contributed by atoms with Gasteiger partial charge in [-0.05, 0) is 48.9 Å². The van der Waals surface area contributed by atoms with Crippen molar-refractivity contribution in [2.75, 3.05) is 11.1 Å². The van der Waals surface area contributed by atoms with Crippen molar-refractivity contribution in [3.8, 4) is 0 Å². The van der Waals surface area contributed by atoms with E-state index in [4.69, 9.17) is 0 Å². The summed E-state index contributed by atoms with van der Waals surface area (Å²) in [5, 5.41) is 2.51. The third-order valence-electron chi connectivity index (χ3n) is 2.58. The van der Waals surface area contributed by atoms with E-state index in [1.807, 2.05) is 0 Å². The number of thioether (sulfide) groups is 1. The van der Waals surface area contributed by atoms with Crippen molar-refractivity contribution >= 4 is 23.4 Å². The molecule has 2 aromatic carbocycles. The summed E-state index contributed by atoms with van der Waals surface area (Å²) >= 11 is 1.26. The second-order valence-corrected chi connectivity index (χ2v) is 5.32. The molecule has 0 heterocycles. The Labute approximate surface area is 120 Å². The van der Waals surface area contributed by atoms with E-state index in [1.54, 1.807) is 25.1 Å². The highest BCUT2D eigenvalue weighted by atomic mass is 32.2. The van der Waals surface area contributed by atoms with Crippen molar-refractivity contribution in [1.82, 2.24) is 0 Å². The molecule has 1 amide bonds. The number of anilines is 1. The van der Waals surface area contributed by atoms with Gasteiger partial charge in [0.1, 0.15) is 11.6 Å². The second kappa shape index (κ2) is 6.52. The van der Waals surface area contributed by atoms with Crippen molar-refractivity contribution < 1.29 is 13.6 Å². The SMILES string of the molecule is Cc1ccc(NC(=O)CSc2ccc(F)cc2)c(F)c1. The molecule has 0 aromatic heterocycles. The predicted octanol–water partition coefficient (Wildman–Crippen LogP) is 4.00. The molecule has 20 heavy (non-hydrogen) atoms. The van der Waals surface area contributed by atoms with Crippen molar-refractivity contribution in [3.05, 3.63) is 59.7 Å². The molecule has 0 aliphatic rings.